The van der Waals surface area contributed by atoms with Gasteiger partial charge in [-0.2, -0.15) is 0 Å². The normalized spacial score (nSPS) is 25.5. The first-order chi connectivity index (χ1) is 33.1. The van der Waals surface area contributed by atoms with Crippen molar-refractivity contribution in [2.24, 2.45) is 5.92 Å². The number of carbonyl (C=O) groups excluding carboxylic acids is 5. The minimum Gasteiger partial charge on any atom is -0.480 e. The second-order valence-electron chi connectivity index (χ2n) is 18.8. The number of carboxylic acids is 1. The highest BCUT2D eigenvalue weighted by molar-refractivity contribution is 6.23. The number of imidazole rings is 1. The van der Waals surface area contributed by atoms with Crippen molar-refractivity contribution in [2.75, 3.05) is 56.0 Å². The van der Waals surface area contributed by atoms with Gasteiger partial charge < -0.3 is 25.2 Å². The van der Waals surface area contributed by atoms with E-state index < -0.39 is 41.7 Å². The van der Waals surface area contributed by atoms with E-state index in [2.05, 4.69) is 62.4 Å². The third-order valence-corrected chi connectivity index (χ3v) is 14.8. The monoisotopic (exact) mass is 920 g/mol. The van der Waals surface area contributed by atoms with Crippen molar-refractivity contribution in [3.05, 3.63) is 108 Å². The van der Waals surface area contributed by atoms with Gasteiger partial charge in [-0.15, -0.1) is 0 Å². The Morgan fingerprint density at radius 2 is 1.57 bits per heavy atom. The molecule has 68 heavy (non-hydrogen) atoms. The molecule has 3 atom stereocenters. The highest BCUT2D eigenvalue weighted by atomic mass is 16.4. The molecule has 1 saturated carbocycles. The summed E-state index contributed by atoms with van der Waals surface area (Å²) >= 11 is 0. The Balaban J connectivity index is 0.711. The molecule has 2 bridgehead atoms. The summed E-state index contributed by atoms with van der Waals surface area (Å²) in [6.07, 6.45) is 7.31. The van der Waals surface area contributed by atoms with Crippen molar-refractivity contribution in [3.63, 3.8) is 0 Å². The molecule has 0 radical (unpaired) electrons. The standard InChI is InChI=1S/C49H52N12O7/c62-40-13-12-38(46(64)55-40)60-47(65)36-11-6-31(23-37(36)48(60)66)43(49(67)68)61-39(30-14-16-58(61)17-15-30)26-56-18-20-57(21-19-56)34-9-7-32(8-10-34)54-44-42-45(51-27-50-44)59(28-52-42)35-24-33(25-35)53-41(63)22-29-4-2-1-3-5-29/h1-11,23,27-28,30,33,35,38-39,43H,12-22,24-26H2,(H,53,63)(H,67,68)(H,50,51,54)(H,55,62,64)/t33?,35?,38-,39+,43-/m0/s1. The molecule has 5 saturated heterocycles. The van der Waals surface area contributed by atoms with E-state index in [-0.39, 0.29) is 48.0 Å². The molecule has 6 fully saturated rings. The molecule has 0 unspecified atom stereocenters. The summed E-state index contributed by atoms with van der Waals surface area (Å²) < 4.78 is 2.08. The van der Waals surface area contributed by atoms with Crippen LogP contribution in [-0.2, 0) is 25.6 Å². The van der Waals surface area contributed by atoms with Gasteiger partial charge in [-0.05, 0) is 85.5 Å². The number of carboxylic acid groups (broad SMARTS) is 1. The molecule has 6 aliphatic heterocycles. The number of piperazine rings is 1. The molecule has 19 heteroatoms. The second-order valence-corrected chi connectivity index (χ2v) is 18.8. The largest absolute Gasteiger partial charge is 0.480 e. The van der Waals surface area contributed by atoms with E-state index in [0.717, 1.165) is 92.4 Å². The summed E-state index contributed by atoms with van der Waals surface area (Å²) in [7, 11) is 0. The van der Waals surface area contributed by atoms with Gasteiger partial charge in [0.1, 0.15) is 18.4 Å². The predicted octanol–water partition coefficient (Wildman–Crippen LogP) is 3.29. The van der Waals surface area contributed by atoms with Gasteiger partial charge in [0, 0.05) is 81.7 Å². The first kappa shape index (κ1) is 43.5. The lowest BCUT2D eigenvalue weighted by atomic mass is 9.84. The van der Waals surface area contributed by atoms with Crippen LogP contribution in [0.4, 0.5) is 17.2 Å². The molecule has 2 aromatic heterocycles. The number of benzene rings is 3. The topological polar surface area (TPSA) is 219 Å². The number of nitrogens with one attached hydrogen (secondary N) is 3. The van der Waals surface area contributed by atoms with Gasteiger partial charge >= 0.3 is 5.97 Å². The fourth-order valence-corrected chi connectivity index (χ4v) is 11.1. The summed E-state index contributed by atoms with van der Waals surface area (Å²) in [6.45, 7) is 5.34. The van der Waals surface area contributed by atoms with Crippen molar-refractivity contribution in [1.29, 1.82) is 0 Å². The molecule has 5 aromatic rings. The van der Waals surface area contributed by atoms with Crippen LogP contribution in [0, 0.1) is 5.92 Å². The van der Waals surface area contributed by atoms with Crippen LogP contribution in [0.5, 0.6) is 0 Å². The van der Waals surface area contributed by atoms with E-state index in [1.165, 1.54) is 12.1 Å². The minimum atomic E-state index is -1.11. The number of imide groups is 2. The SMILES string of the molecule is O=C1CC[C@H](N2C(=O)c3ccc([C@@H](C(=O)O)N4[C@H](CN5CCN(c6ccc(Nc7ncnc8c7ncn8C7CC(NC(=O)Cc8ccccc8)C7)cc6)CC5)C5CCN4CC5)cc3C2=O)C(=O)N1. The first-order valence-electron chi connectivity index (χ1n) is 23.5. The summed E-state index contributed by atoms with van der Waals surface area (Å²) in [4.78, 5) is 96.9. The average molecular weight is 921 g/mol. The molecular formula is C49H52N12O7. The maximum Gasteiger partial charge on any atom is 0.326 e. The molecule has 4 N–H and O–H groups in total. The van der Waals surface area contributed by atoms with Crippen molar-refractivity contribution < 1.29 is 33.9 Å². The van der Waals surface area contributed by atoms with Crippen LogP contribution in [-0.4, -0.2) is 144 Å². The summed E-state index contributed by atoms with van der Waals surface area (Å²) in [5.41, 5.74) is 4.96. The van der Waals surface area contributed by atoms with Gasteiger partial charge in [-0.25, -0.2) is 25.0 Å². The maximum absolute atomic E-state index is 13.7. The summed E-state index contributed by atoms with van der Waals surface area (Å²) in [5, 5.41) is 23.8. The van der Waals surface area contributed by atoms with E-state index >= 15 is 0 Å². The maximum atomic E-state index is 13.7. The highest BCUT2D eigenvalue weighted by Crippen LogP contribution is 2.41. The molecule has 12 rings (SSSR count). The van der Waals surface area contributed by atoms with Crippen LogP contribution in [0.2, 0.25) is 0 Å². The van der Waals surface area contributed by atoms with Gasteiger partial charge in [0.2, 0.25) is 17.7 Å². The van der Waals surface area contributed by atoms with Crippen LogP contribution in [0.25, 0.3) is 11.2 Å². The van der Waals surface area contributed by atoms with E-state index in [1.54, 1.807) is 18.7 Å². The number of aliphatic carboxylic acids is 1. The molecular weight excluding hydrogens is 869 g/mol. The van der Waals surface area contributed by atoms with Gasteiger partial charge in [-0.3, -0.25) is 43.9 Å². The van der Waals surface area contributed by atoms with E-state index in [9.17, 15) is 33.9 Å². The van der Waals surface area contributed by atoms with E-state index in [4.69, 9.17) is 0 Å². The second kappa shape index (κ2) is 17.9. The zero-order valence-electron chi connectivity index (χ0n) is 37.4. The van der Waals surface area contributed by atoms with Crippen LogP contribution in [0.15, 0.2) is 85.5 Å². The van der Waals surface area contributed by atoms with E-state index in [0.29, 0.717) is 35.8 Å². The third kappa shape index (κ3) is 8.13. The van der Waals surface area contributed by atoms with Crippen molar-refractivity contribution >= 4 is 63.9 Å². The number of aromatic nitrogens is 4. The number of nitrogens with zero attached hydrogens (tertiary/aromatic N) is 9. The number of hydrogen-bond donors (Lipinski definition) is 4. The Morgan fingerprint density at radius 1 is 0.824 bits per heavy atom. The number of fused-ring (bicyclic) bond motifs is 5. The number of rotatable bonds is 13. The molecule has 3 aromatic carbocycles. The van der Waals surface area contributed by atoms with Crippen LogP contribution < -0.4 is 20.9 Å². The number of piperidine rings is 2. The quantitative estimate of drug-likeness (QED) is 0.125. The molecule has 7 aliphatic rings. The van der Waals surface area contributed by atoms with Gasteiger partial charge in [-0.1, -0.05) is 36.4 Å². The lowest BCUT2D eigenvalue weighted by molar-refractivity contribution is -0.196. The number of hydrazine groups is 1. The lowest BCUT2D eigenvalue weighted by Crippen LogP contribution is -2.66. The summed E-state index contributed by atoms with van der Waals surface area (Å²) in [5.74, 6) is -2.55. The fraction of sp³-hybridized carbons (Fsp3) is 0.408. The van der Waals surface area contributed by atoms with Crippen molar-refractivity contribution in [1.82, 2.24) is 50.0 Å². The fourth-order valence-electron chi connectivity index (χ4n) is 11.1. The Morgan fingerprint density at radius 3 is 2.31 bits per heavy atom. The number of anilines is 3. The predicted molar refractivity (Wildman–Crippen MR) is 247 cm³/mol. The Kier molecular flexibility index (Phi) is 11.4. The highest BCUT2D eigenvalue weighted by Gasteiger charge is 2.49. The molecule has 8 heterocycles. The Labute approximate surface area is 391 Å². The zero-order chi connectivity index (χ0) is 46.6. The average Bonchev–Trinajstić information content (AvgIpc) is 3.87. The molecule has 1 aliphatic carbocycles. The molecule has 19 nitrogen and oxygen atoms in total. The number of hydrogen-bond acceptors (Lipinski definition) is 14. The smallest absolute Gasteiger partial charge is 0.326 e. The van der Waals surface area contributed by atoms with Crippen molar-refractivity contribution in [2.45, 2.75) is 75.2 Å². The first-order valence-corrected chi connectivity index (χ1v) is 23.5. The Bertz CT molecular complexity index is 2800. The van der Waals surface area contributed by atoms with Crippen LogP contribution >= 0.6 is 0 Å². The third-order valence-electron chi connectivity index (χ3n) is 14.8. The van der Waals surface area contributed by atoms with Gasteiger partial charge in [0.25, 0.3) is 11.8 Å². The molecule has 350 valence electrons. The van der Waals surface area contributed by atoms with Gasteiger partial charge in [0.15, 0.2) is 17.0 Å². The van der Waals surface area contributed by atoms with Gasteiger partial charge in [0.05, 0.1) is 23.9 Å². The van der Waals surface area contributed by atoms with Crippen LogP contribution in [0.3, 0.4) is 0 Å². The Hall–Kier alpha value is -7.09. The number of carbonyl (C=O) groups is 6. The molecule has 5 amide bonds. The zero-order valence-corrected chi connectivity index (χ0v) is 37.4. The lowest BCUT2D eigenvalue weighted by Gasteiger charge is -2.56. The van der Waals surface area contributed by atoms with E-state index in [1.807, 2.05) is 47.5 Å². The number of amides is 5. The minimum absolute atomic E-state index is 0.0109. The van der Waals surface area contributed by atoms with Crippen molar-refractivity contribution in [3.8, 4) is 0 Å². The van der Waals surface area contributed by atoms with Crippen LogP contribution in [0.1, 0.15) is 82.5 Å². The molecule has 0 spiro atoms. The summed E-state index contributed by atoms with van der Waals surface area (Å²) in [6, 6.07) is 20.6.